The van der Waals surface area contributed by atoms with Gasteiger partial charge in [0, 0.05) is 38.6 Å². The van der Waals surface area contributed by atoms with E-state index in [4.69, 9.17) is 0 Å². The Balaban J connectivity index is 0.00000176. The number of halogens is 1. The predicted octanol–water partition coefficient (Wildman–Crippen LogP) is 1.41. The highest BCUT2D eigenvalue weighted by Gasteiger charge is 2.31. The maximum Gasteiger partial charge on any atom is 0.236 e. The van der Waals surface area contributed by atoms with Gasteiger partial charge >= 0.3 is 0 Å². The number of piperidine rings is 1. The molecule has 2 saturated heterocycles. The summed E-state index contributed by atoms with van der Waals surface area (Å²) in [6.07, 6.45) is 7.79. The quantitative estimate of drug-likeness (QED) is 0.848. The molecule has 5 nitrogen and oxygen atoms in total. The van der Waals surface area contributed by atoms with E-state index in [2.05, 4.69) is 5.32 Å². The van der Waals surface area contributed by atoms with E-state index in [1.54, 1.807) is 0 Å². The van der Waals surface area contributed by atoms with Gasteiger partial charge in [0.05, 0.1) is 6.54 Å². The van der Waals surface area contributed by atoms with E-state index < -0.39 is 0 Å². The summed E-state index contributed by atoms with van der Waals surface area (Å²) in [4.78, 5) is 28.3. The standard InChI is InChI=1S/C16H27N3O2.ClH/c20-15(7-6-13-3-1-4-13)18-9-2-5-14(12-18)19-10-8-17-11-16(19)21;/h13-14,17H,1-12H2;1H. The van der Waals surface area contributed by atoms with Gasteiger partial charge in [-0.1, -0.05) is 19.3 Å². The molecular weight excluding hydrogens is 302 g/mol. The number of hydrogen-bond acceptors (Lipinski definition) is 3. The van der Waals surface area contributed by atoms with Crippen molar-refractivity contribution in [3.8, 4) is 0 Å². The van der Waals surface area contributed by atoms with Crippen molar-refractivity contribution in [2.45, 2.75) is 51.0 Å². The van der Waals surface area contributed by atoms with E-state index in [1.165, 1.54) is 19.3 Å². The maximum absolute atomic E-state index is 12.4. The summed E-state index contributed by atoms with van der Waals surface area (Å²) in [5.41, 5.74) is 0. The average molecular weight is 330 g/mol. The largest absolute Gasteiger partial charge is 0.341 e. The Morgan fingerprint density at radius 3 is 2.68 bits per heavy atom. The van der Waals surface area contributed by atoms with Crippen molar-refractivity contribution in [2.24, 2.45) is 5.92 Å². The van der Waals surface area contributed by atoms with E-state index in [9.17, 15) is 9.59 Å². The first kappa shape index (κ1) is 17.5. The lowest BCUT2D eigenvalue weighted by Crippen LogP contribution is -2.57. The van der Waals surface area contributed by atoms with Crippen LogP contribution in [0, 0.1) is 5.92 Å². The second-order valence-electron chi connectivity index (χ2n) is 6.74. The molecule has 6 heteroatoms. The van der Waals surface area contributed by atoms with Crippen molar-refractivity contribution < 1.29 is 9.59 Å². The molecular formula is C16H28ClN3O2. The van der Waals surface area contributed by atoms with Crippen molar-refractivity contribution >= 4 is 24.2 Å². The highest BCUT2D eigenvalue weighted by atomic mass is 35.5. The number of amides is 2. The molecule has 0 spiro atoms. The van der Waals surface area contributed by atoms with E-state index >= 15 is 0 Å². The zero-order valence-corrected chi connectivity index (χ0v) is 14.1. The molecule has 22 heavy (non-hydrogen) atoms. The molecule has 1 atom stereocenters. The Morgan fingerprint density at radius 1 is 1.18 bits per heavy atom. The van der Waals surface area contributed by atoms with Gasteiger partial charge in [-0.3, -0.25) is 9.59 Å². The molecule has 1 N–H and O–H groups in total. The van der Waals surface area contributed by atoms with E-state index in [-0.39, 0.29) is 24.4 Å². The van der Waals surface area contributed by atoms with Crippen LogP contribution in [0.2, 0.25) is 0 Å². The number of carbonyl (C=O) groups excluding carboxylic acids is 2. The molecule has 0 radical (unpaired) electrons. The third-order valence-electron chi connectivity index (χ3n) is 5.31. The van der Waals surface area contributed by atoms with Crippen LogP contribution in [-0.4, -0.2) is 60.4 Å². The molecule has 3 rings (SSSR count). The molecule has 0 aromatic carbocycles. The Kier molecular flexibility index (Phi) is 6.50. The van der Waals surface area contributed by atoms with Crippen LogP contribution >= 0.6 is 12.4 Å². The highest BCUT2D eigenvalue weighted by Crippen LogP contribution is 2.30. The van der Waals surface area contributed by atoms with Crippen LogP contribution in [-0.2, 0) is 9.59 Å². The number of carbonyl (C=O) groups is 2. The number of nitrogens with one attached hydrogen (secondary N) is 1. The third kappa shape index (κ3) is 4.13. The van der Waals surface area contributed by atoms with Crippen molar-refractivity contribution in [3.63, 3.8) is 0 Å². The summed E-state index contributed by atoms with van der Waals surface area (Å²) >= 11 is 0. The first-order valence-electron chi connectivity index (χ1n) is 8.52. The Morgan fingerprint density at radius 2 is 2.00 bits per heavy atom. The molecule has 3 aliphatic rings. The van der Waals surface area contributed by atoms with Gasteiger partial charge in [-0.15, -0.1) is 12.4 Å². The van der Waals surface area contributed by atoms with Crippen LogP contribution in [0.25, 0.3) is 0 Å². The summed E-state index contributed by atoms with van der Waals surface area (Å²) in [5.74, 6) is 1.29. The molecule has 1 aliphatic carbocycles. The Bertz CT molecular complexity index is 401. The third-order valence-corrected chi connectivity index (χ3v) is 5.31. The molecule has 2 aliphatic heterocycles. The van der Waals surface area contributed by atoms with Crippen molar-refractivity contribution in [3.05, 3.63) is 0 Å². The van der Waals surface area contributed by atoms with Gasteiger partial charge in [0.25, 0.3) is 0 Å². The van der Waals surface area contributed by atoms with Gasteiger partial charge < -0.3 is 15.1 Å². The second kappa shape index (κ2) is 8.16. The first-order chi connectivity index (χ1) is 10.2. The van der Waals surface area contributed by atoms with E-state index in [0.717, 1.165) is 51.4 Å². The monoisotopic (exact) mass is 329 g/mol. The van der Waals surface area contributed by atoms with Gasteiger partial charge in [0.2, 0.25) is 11.8 Å². The molecule has 0 bridgehead atoms. The Hall–Kier alpha value is -0.810. The molecule has 126 valence electrons. The molecule has 3 fully saturated rings. The minimum Gasteiger partial charge on any atom is -0.341 e. The van der Waals surface area contributed by atoms with Crippen molar-refractivity contribution in [1.29, 1.82) is 0 Å². The fraction of sp³-hybridized carbons (Fsp3) is 0.875. The smallest absolute Gasteiger partial charge is 0.236 e. The fourth-order valence-electron chi connectivity index (χ4n) is 3.71. The van der Waals surface area contributed by atoms with Crippen LogP contribution < -0.4 is 5.32 Å². The summed E-state index contributed by atoms with van der Waals surface area (Å²) in [6, 6.07) is 0.237. The summed E-state index contributed by atoms with van der Waals surface area (Å²) < 4.78 is 0. The zero-order chi connectivity index (χ0) is 14.7. The van der Waals surface area contributed by atoms with Crippen LogP contribution in [0.15, 0.2) is 0 Å². The van der Waals surface area contributed by atoms with Crippen LogP contribution in [0.5, 0.6) is 0 Å². The fourth-order valence-corrected chi connectivity index (χ4v) is 3.71. The average Bonchev–Trinajstić information content (AvgIpc) is 2.46. The predicted molar refractivity (Wildman–Crippen MR) is 88.0 cm³/mol. The molecule has 1 saturated carbocycles. The number of hydrogen-bond donors (Lipinski definition) is 1. The Labute approximate surface area is 139 Å². The van der Waals surface area contributed by atoms with Crippen LogP contribution in [0.1, 0.15) is 44.9 Å². The molecule has 1 unspecified atom stereocenters. The summed E-state index contributed by atoms with van der Waals surface area (Å²) in [5, 5.41) is 3.11. The molecule has 2 heterocycles. The van der Waals surface area contributed by atoms with Gasteiger partial charge in [0.15, 0.2) is 0 Å². The normalized spacial score (nSPS) is 26.4. The number of piperazine rings is 1. The van der Waals surface area contributed by atoms with Gasteiger partial charge in [-0.2, -0.15) is 0 Å². The van der Waals surface area contributed by atoms with Crippen LogP contribution in [0.4, 0.5) is 0 Å². The SMILES string of the molecule is Cl.O=C(CCC1CCC1)N1CCCC(N2CCNCC2=O)C1. The van der Waals surface area contributed by atoms with E-state index in [0.29, 0.717) is 18.9 Å². The maximum atomic E-state index is 12.4. The number of rotatable bonds is 4. The molecule has 0 aromatic heterocycles. The van der Waals surface area contributed by atoms with Gasteiger partial charge in [0.1, 0.15) is 0 Å². The van der Waals surface area contributed by atoms with Crippen LogP contribution in [0.3, 0.4) is 0 Å². The topological polar surface area (TPSA) is 52.7 Å². The van der Waals surface area contributed by atoms with Gasteiger partial charge in [-0.25, -0.2) is 0 Å². The highest BCUT2D eigenvalue weighted by molar-refractivity contribution is 5.85. The van der Waals surface area contributed by atoms with Crippen molar-refractivity contribution in [2.75, 3.05) is 32.7 Å². The minimum absolute atomic E-state index is 0. The molecule has 0 aromatic rings. The lowest BCUT2D eigenvalue weighted by molar-refractivity contribution is -0.140. The van der Waals surface area contributed by atoms with Crippen molar-refractivity contribution in [1.82, 2.24) is 15.1 Å². The first-order valence-corrected chi connectivity index (χ1v) is 8.52. The van der Waals surface area contributed by atoms with Gasteiger partial charge in [-0.05, 0) is 25.2 Å². The van der Waals surface area contributed by atoms with E-state index in [1.807, 2.05) is 9.80 Å². The number of nitrogens with zero attached hydrogens (tertiary/aromatic N) is 2. The molecule has 2 amide bonds. The second-order valence-corrected chi connectivity index (χ2v) is 6.74. The zero-order valence-electron chi connectivity index (χ0n) is 13.3. The lowest BCUT2D eigenvalue weighted by atomic mass is 9.82. The summed E-state index contributed by atoms with van der Waals surface area (Å²) in [7, 11) is 0. The minimum atomic E-state index is 0. The lowest BCUT2D eigenvalue weighted by Gasteiger charge is -2.41. The number of likely N-dealkylation sites (tertiary alicyclic amines) is 1. The summed E-state index contributed by atoms with van der Waals surface area (Å²) in [6.45, 7) is 3.73.